The van der Waals surface area contributed by atoms with Crippen LogP contribution >= 0.6 is 0 Å². The number of hydrogen-bond donors (Lipinski definition) is 1. The lowest BCUT2D eigenvalue weighted by molar-refractivity contribution is -0.134. The zero-order chi connectivity index (χ0) is 20.5. The van der Waals surface area contributed by atoms with Crippen LogP contribution in [0.2, 0.25) is 0 Å². The average Bonchev–Trinajstić information content (AvgIpc) is 3.57. The van der Waals surface area contributed by atoms with E-state index in [4.69, 9.17) is 0 Å². The number of nitrogens with zero attached hydrogens (tertiary/aromatic N) is 3. The van der Waals surface area contributed by atoms with Gasteiger partial charge in [-0.25, -0.2) is 0 Å². The molecule has 0 unspecified atom stereocenters. The first-order valence-corrected chi connectivity index (χ1v) is 10.5. The summed E-state index contributed by atoms with van der Waals surface area (Å²) in [4.78, 5) is 28.7. The number of rotatable bonds is 4. The van der Waals surface area contributed by atoms with Gasteiger partial charge in [-0.05, 0) is 42.7 Å². The van der Waals surface area contributed by atoms with Crippen LogP contribution in [0.25, 0.3) is 23.1 Å². The highest BCUT2D eigenvalue weighted by Gasteiger charge is 2.35. The summed E-state index contributed by atoms with van der Waals surface area (Å²) in [7, 11) is 0. The molecule has 6 heteroatoms. The van der Waals surface area contributed by atoms with Crippen molar-refractivity contribution in [1.82, 2.24) is 20.0 Å². The molecule has 3 aromatic rings. The molecule has 0 spiro atoms. The fourth-order valence-electron chi connectivity index (χ4n) is 3.92. The van der Waals surface area contributed by atoms with Crippen molar-refractivity contribution < 1.29 is 9.59 Å². The number of benzene rings is 2. The predicted octanol–water partition coefficient (Wildman–Crippen LogP) is 3.43. The van der Waals surface area contributed by atoms with Crippen molar-refractivity contribution in [1.29, 1.82) is 0 Å². The lowest BCUT2D eigenvalue weighted by Gasteiger charge is -2.35. The van der Waals surface area contributed by atoms with Gasteiger partial charge in [0.2, 0.25) is 5.91 Å². The number of amides is 2. The molecule has 6 nitrogen and oxygen atoms in total. The van der Waals surface area contributed by atoms with Crippen molar-refractivity contribution in [3.8, 4) is 0 Å². The van der Waals surface area contributed by atoms with Crippen LogP contribution in [0.3, 0.4) is 0 Å². The Balaban J connectivity index is 1.21. The molecule has 0 atom stereocenters. The summed E-state index contributed by atoms with van der Waals surface area (Å²) < 4.78 is 0. The molecular formula is C24H24N4O2. The SMILES string of the molecule is O=C(c1ccc(C=Cc2n[nH]c3ccccc23)cc1)N1CCN(C(=O)C2CC2)CC1. The van der Waals surface area contributed by atoms with Crippen LogP contribution in [0, 0.1) is 5.92 Å². The van der Waals surface area contributed by atoms with Crippen LogP contribution in [-0.4, -0.2) is 58.0 Å². The molecule has 2 fully saturated rings. The lowest BCUT2D eigenvalue weighted by atomic mass is 10.1. The van der Waals surface area contributed by atoms with Gasteiger partial charge in [0, 0.05) is 43.0 Å². The Morgan fingerprint density at radius 1 is 0.900 bits per heavy atom. The van der Waals surface area contributed by atoms with Gasteiger partial charge in [0.25, 0.3) is 5.91 Å². The third-order valence-corrected chi connectivity index (χ3v) is 5.90. The van der Waals surface area contributed by atoms with Crippen molar-refractivity contribution in [2.45, 2.75) is 12.8 Å². The molecule has 1 aliphatic carbocycles. The maximum atomic E-state index is 12.8. The van der Waals surface area contributed by atoms with Crippen LogP contribution in [0.4, 0.5) is 0 Å². The number of aromatic amines is 1. The summed E-state index contributed by atoms with van der Waals surface area (Å²) in [6.45, 7) is 2.48. The molecular weight excluding hydrogens is 376 g/mol. The number of carbonyl (C=O) groups is 2. The van der Waals surface area contributed by atoms with Crippen LogP contribution < -0.4 is 0 Å². The second-order valence-corrected chi connectivity index (χ2v) is 8.00. The van der Waals surface area contributed by atoms with Crippen LogP contribution in [0.15, 0.2) is 48.5 Å². The van der Waals surface area contributed by atoms with E-state index in [0.29, 0.717) is 31.7 Å². The molecule has 1 aliphatic heterocycles. The van der Waals surface area contributed by atoms with Crippen molar-refractivity contribution in [2.75, 3.05) is 26.2 Å². The molecule has 2 amide bonds. The fourth-order valence-corrected chi connectivity index (χ4v) is 3.92. The molecule has 2 aromatic carbocycles. The Morgan fingerprint density at radius 2 is 1.60 bits per heavy atom. The predicted molar refractivity (Wildman–Crippen MR) is 117 cm³/mol. The van der Waals surface area contributed by atoms with Crippen molar-refractivity contribution in [2.24, 2.45) is 5.92 Å². The highest BCUT2D eigenvalue weighted by Crippen LogP contribution is 2.31. The summed E-state index contributed by atoms with van der Waals surface area (Å²) in [6, 6.07) is 15.7. The third kappa shape index (κ3) is 3.73. The Labute approximate surface area is 175 Å². The summed E-state index contributed by atoms with van der Waals surface area (Å²) in [5, 5.41) is 8.46. The molecule has 0 bridgehead atoms. The van der Waals surface area contributed by atoms with Crippen LogP contribution in [-0.2, 0) is 4.79 Å². The van der Waals surface area contributed by atoms with E-state index in [2.05, 4.69) is 10.2 Å². The smallest absolute Gasteiger partial charge is 0.253 e. The molecule has 30 heavy (non-hydrogen) atoms. The standard InChI is InChI=1S/C24H24N4O2/c29-23(27-13-15-28(16-14-27)24(30)19-10-11-19)18-8-5-17(6-9-18)7-12-22-20-3-1-2-4-21(20)25-26-22/h1-9,12,19H,10-11,13-16H2,(H,25,26). The Kier molecular flexibility index (Phi) is 4.83. The quantitative estimate of drug-likeness (QED) is 0.730. The normalized spacial score (nSPS) is 17.1. The summed E-state index contributed by atoms with van der Waals surface area (Å²) in [5.41, 5.74) is 3.60. The van der Waals surface area contributed by atoms with Gasteiger partial charge in [0.15, 0.2) is 0 Å². The molecule has 1 aromatic heterocycles. The molecule has 1 saturated carbocycles. The monoisotopic (exact) mass is 400 g/mol. The van der Waals surface area contributed by atoms with Gasteiger partial charge in [0.1, 0.15) is 0 Å². The van der Waals surface area contributed by atoms with Gasteiger partial charge in [-0.3, -0.25) is 14.7 Å². The second-order valence-electron chi connectivity index (χ2n) is 8.00. The highest BCUT2D eigenvalue weighted by atomic mass is 16.2. The minimum absolute atomic E-state index is 0.0299. The largest absolute Gasteiger partial charge is 0.339 e. The van der Waals surface area contributed by atoms with Crippen LogP contribution in [0.5, 0.6) is 0 Å². The Hall–Kier alpha value is -3.41. The first-order chi connectivity index (χ1) is 14.7. The van der Waals surface area contributed by atoms with E-state index in [-0.39, 0.29) is 17.7 Å². The number of fused-ring (bicyclic) bond motifs is 1. The van der Waals surface area contributed by atoms with Gasteiger partial charge in [0.05, 0.1) is 11.2 Å². The summed E-state index contributed by atoms with van der Waals surface area (Å²) in [6.07, 6.45) is 6.02. The van der Waals surface area contributed by atoms with E-state index in [9.17, 15) is 9.59 Å². The van der Waals surface area contributed by atoms with E-state index in [0.717, 1.165) is 35.0 Å². The molecule has 2 aliphatic rings. The number of aromatic nitrogens is 2. The first-order valence-electron chi connectivity index (χ1n) is 10.5. The van der Waals surface area contributed by atoms with E-state index < -0.39 is 0 Å². The first kappa shape index (κ1) is 18.6. The summed E-state index contributed by atoms with van der Waals surface area (Å²) in [5.74, 6) is 0.539. The van der Waals surface area contributed by atoms with E-state index in [1.165, 1.54) is 0 Å². The Bertz CT molecular complexity index is 1100. The molecule has 0 radical (unpaired) electrons. The highest BCUT2D eigenvalue weighted by molar-refractivity contribution is 5.95. The van der Waals surface area contributed by atoms with Gasteiger partial charge < -0.3 is 9.80 Å². The van der Waals surface area contributed by atoms with Crippen molar-refractivity contribution >= 4 is 34.9 Å². The topological polar surface area (TPSA) is 69.3 Å². The minimum atomic E-state index is 0.0299. The fraction of sp³-hybridized carbons (Fsp3) is 0.292. The Morgan fingerprint density at radius 3 is 2.33 bits per heavy atom. The molecule has 2 heterocycles. The van der Waals surface area contributed by atoms with Crippen LogP contribution in [0.1, 0.15) is 34.5 Å². The van der Waals surface area contributed by atoms with E-state index in [1.54, 1.807) is 0 Å². The molecule has 152 valence electrons. The maximum Gasteiger partial charge on any atom is 0.253 e. The maximum absolute atomic E-state index is 12.8. The molecule has 5 rings (SSSR count). The second kappa shape index (κ2) is 7.78. The van der Waals surface area contributed by atoms with Crippen molar-refractivity contribution in [3.05, 3.63) is 65.4 Å². The minimum Gasteiger partial charge on any atom is -0.339 e. The van der Waals surface area contributed by atoms with Crippen molar-refractivity contribution in [3.63, 3.8) is 0 Å². The zero-order valence-corrected chi connectivity index (χ0v) is 16.8. The van der Waals surface area contributed by atoms with E-state index >= 15 is 0 Å². The lowest BCUT2D eigenvalue weighted by Crippen LogP contribution is -2.51. The molecule has 1 saturated heterocycles. The molecule has 1 N–H and O–H groups in total. The number of nitrogens with one attached hydrogen (secondary N) is 1. The van der Waals surface area contributed by atoms with E-state index in [1.807, 2.05) is 70.5 Å². The number of H-pyrrole nitrogens is 1. The number of hydrogen-bond acceptors (Lipinski definition) is 3. The van der Waals surface area contributed by atoms with Gasteiger partial charge in [-0.2, -0.15) is 5.10 Å². The number of carbonyl (C=O) groups excluding carboxylic acids is 2. The van der Waals surface area contributed by atoms with Gasteiger partial charge >= 0.3 is 0 Å². The van der Waals surface area contributed by atoms with Gasteiger partial charge in [-0.1, -0.05) is 36.4 Å². The average molecular weight is 400 g/mol. The third-order valence-electron chi connectivity index (χ3n) is 5.90. The number of piperazine rings is 1. The number of para-hydroxylation sites is 1. The zero-order valence-electron chi connectivity index (χ0n) is 16.8. The van der Waals surface area contributed by atoms with Gasteiger partial charge in [-0.15, -0.1) is 0 Å². The summed E-state index contributed by atoms with van der Waals surface area (Å²) >= 11 is 0.